The van der Waals surface area contributed by atoms with Crippen LogP contribution in [0.3, 0.4) is 0 Å². The first-order valence-corrected chi connectivity index (χ1v) is 20.8. The minimum Gasteiger partial charge on any atom is -0.277 e. The van der Waals surface area contributed by atoms with E-state index in [0.29, 0.717) is 0 Å². The lowest BCUT2D eigenvalue weighted by Gasteiger charge is -2.36. The summed E-state index contributed by atoms with van der Waals surface area (Å²) in [6, 6.07) is 56.1. The summed E-state index contributed by atoms with van der Waals surface area (Å²) in [6.45, 7) is 0. The number of thiophene rings is 1. The second-order valence-corrected chi connectivity index (χ2v) is 17.0. The van der Waals surface area contributed by atoms with Crippen LogP contribution in [0, 0.1) is 0 Å². The van der Waals surface area contributed by atoms with Gasteiger partial charge in [0.15, 0.2) is 0 Å². The maximum atomic E-state index is 5.77. The van der Waals surface area contributed by atoms with E-state index in [0.717, 1.165) is 27.4 Å². The van der Waals surface area contributed by atoms with Crippen molar-refractivity contribution in [2.45, 2.75) is 37.5 Å². The fraction of sp³-hybridized carbons (Fsp3) is 0.115. The van der Waals surface area contributed by atoms with Crippen LogP contribution >= 0.6 is 11.3 Å². The summed E-state index contributed by atoms with van der Waals surface area (Å²) < 4.78 is 4.82. The van der Waals surface area contributed by atoms with Gasteiger partial charge in [0.2, 0.25) is 5.95 Å². The van der Waals surface area contributed by atoms with Crippen LogP contribution in [-0.2, 0) is 5.41 Å². The van der Waals surface area contributed by atoms with Gasteiger partial charge in [-0.25, -0.2) is 9.97 Å². The number of fused-ring (bicyclic) bond motifs is 18. The van der Waals surface area contributed by atoms with Crippen LogP contribution in [-0.4, -0.2) is 14.5 Å². The van der Waals surface area contributed by atoms with E-state index in [1.807, 2.05) is 0 Å². The molecule has 3 aromatic heterocycles. The molecule has 8 aromatic carbocycles. The fourth-order valence-corrected chi connectivity index (χ4v) is 12.0. The molecule has 0 radical (unpaired) electrons. The summed E-state index contributed by atoms with van der Waals surface area (Å²) >= 11 is 1.80. The molecule has 1 saturated carbocycles. The molecule has 3 heterocycles. The first-order chi connectivity index (χ1) is 27.8. The number of rotatable bonds is 2. The van der Waals surface area contributed by atoms with Crippen molar-refractivity contribution in [2.75, 3.05) is 0 Å². The summed E-state index contributed by atoms with van der Waals surface area (Å²) in [6.07, 6.45) is 6.10. The van der Waals surface area contributed by atoms with Crippen LogP contribution in [0.5, 0.6) is 0 Å². The van der Waals surface area contributed by atoms with Crippen LogP contribution in [0.4, 0.5) is 0 Å². The molecule has 0 saturated heterocycles. The van der Waals surface area contributed by atoms with Gasteiger partial charge in [-0.05, 0) is 62.7 Å². The van der Waals surface area contributed by atoms with Gasteiger partial charge in [-0.3, -0.25) is 4.57 Å². The minimum atomic E-state index is -0.0420. The lowest BCUT2D eigenvalue weighted by molar-refractivity contribution is 0.355. The predicted octanol–water partition coefficient (Wildman–Crippen LogP) is 14.3. The highest BCUT2D eigenvalue weighted by Gasteiger charge is 2.46. The van der Waals surface area contributed by atoms with E-state index in [1.165, 1.54) is 119 Å². The Kier molecular flexibility index (Phi) is 6.26. The van der Waals surface area contributed by atoms with Crippen LogP contribution < -0.4 is 0 Å². The zero-order valence-corrected chi connectivity index (χ0v) is 31.5. The fourth-order valence-electron chi connectivity index (χ4n) is 10.9. The monoisotopic (exact) mass is 733 g/mol. The molecule has 13 rings (SSSR count). The van der Waals surface area contributed by atoms with Gasteiger partial charge in [0.1, 0.15) is 0 Å². The van der Waals surface area contributed by atoms with Crippen molar-refractivity contribution in [2.24, 2.45) is 0 Å². The van der Waals surface area contributed by atoms with Crippen LogP contribution in [0.25, 0.3) is 103 Å². The van der Waals surface area contributed by atoms with Gasteiger partial charge < -0.3 is 0 Å². The van der Waals surface area contributed by atoms with Crippen molar-refractivity contribution < 1.29 is 0 Å². The van der Waals surface area contributed by atoms with Crippen LogP contribution in [0.2, 0.25) is 0 Å². The smallest absolute Gasteiger partial charge is 0.235 e. The van der Waals surface area contributed by atoms with Crippen LogP contribution in [0.15, 0.2) is 152 Å². The quantitative estimate of drug-likeness (QED) is 0.177. The molecule has 264 valence electrons. The highest BCUT2D eigenvalue weighted by molar-refractivity contribution is 7.26. The van der Waals surface area contributed by atoms with Crippen molar-refractivity contribution in [3.05, 3.63) is 163 Å². The Bertz CT molecular complexity index is 3470. The lowest BCUT2D eigenvalue weighted by Crippen LogP contribution is -2.28. The molecule has 11 aromatic rings. The summed E-state index contributed by atoms with van der Waals surface area (Å²) in [5.41, 5.74) is 11.3. The largest absolute Gasteiger partial charge is 0.277 e. The maximum Gasteiger partial charge on any atom is 0.235 e. The van der Waals surface area contributed by atoms with Gasteiger partial charge in [0.05, 0.1) is 26.9 Å². The van der Waals surface area contributed by atoms with Crippen LogP contribution in [0.1, 0.15) is 43.2 Å². The molecule has 1 spiro atoms. The summed E-state index contributed by atoms with van der Waals surface area (Å²) in [5, 5.41) is 11.2. The average Bonchev–Trinajstić information content (AvgIpc) is 3.90. The molecular weight excluding hydrogens is 699 g/mol. The Labute approximate surface area is 327 Å². The van der Waals surface area contributed by atoms with E-state index < -0.39 is 0 Å². The third-order valence-corrected chi connectivity index (χ3v) is 14.3. The van der Waals surface area contributed by atoms with E-state index in [-0.39, 0.29) is 5.41 Å². The van der Waals surface area contributed by atoms with Crippen molar-refractivity contribution >= 4 is 85.8 Å². The second kappa shape index (κ2) is 11.3. The lowest BCUT2D eigenvalue weighted by atomic mass is 9.66. The normalized spacial score (nSPS) is 14.9. The minimum absolute atomic E-state index is 0.0420. The first kappa shape index (κ1) is 30.9. The molecule has 4 heteroatoms. The van der Waals surface area contributed by atoms with Crippen molar-refractivity contribution in [3.63, 3.8) is 0 Å². The molecule has 0 unspecified atom stereocenters. The Hall–Kier alpha value is -6.36. The Morgan fingerprint density at radius 2 is 1.16 bits per heavy atom. The molecule has 2 aliphatic carbocycles. The summed E-state index contributed by atoms with van der Waals surface area (Å²) in [5.74, 6) is 0.721. The van der Waals surface area contributed by atoms with E-state index in [1.54, 1.807) is 11.3 Å². The van der Waals surface area contributed by atoms with Gasteiger partial charge in [-0.15, -0.1) is 11.3 Å². The maximum absolute atomic E-state index is 5.77. The Balaban J connectivity index is 1.28. The van der Waals surface area contributed by atoms with Crippen molar-refractivity contribution in [3.8, 4) is 28.3 Å². The number of hydrogen-bond donors (Lipinski definition) is 0. The zero-order chi connectivity index (χ0) is 36.5. The van der Waals surface area contributed by atoms with E-state index in [4.69, 9.17) is 9.97 Å². The van der Waals surface area contributed by atoms with Gasteiger partial charge >= 0.3 is 0 Å². The summed E-state index contributed by atoms with van der Waals surface area (Å²) in [7, 11) is 0. The molecule has 3 nitrogen and oxygen atoms in total. The molecular formula is C52H35N3S. The number of aromatic nitrogens is 3. The molecule has 56 heavy (non-hydrogen) atoms. The number of nitrogens with zero attached hydrogens (tertiary/aromatic N) is 3. The van der Waals surface area contributed by atoms with Gasteiger partial charge in [-0.2, -0.15) is 0 Å². The number of benzene rings is 8. The van der Waals surface area contributed by atoms with E-state index in [2.05, 4.69) is 156 Å². The molecule has 0 aliphatic heterocycles. The molecule has 2 aliphatic rings. The standard InChI is InChI=1S/C52H35N3S/c1-12-29-52(30-13-1)41-25-10-8-22-38(41)43-35-20-6-7-21-37(35)49-44(45(43)52)40-28-27-32-16-3-5-19-34(32)48(40)55(49)51-53-46(36-24-14-17-31-15-2-4-18-33(31)36)50-47(54-51)39-23-9-11-26-42(39)56-50/h2-11,14-28H,1,12-13,29-30H2. The third kappa shape index (κ3) is 3.97. The molecule has 1 fully saturated rings. The van der Waals surface area contributed by atoms with Crippen molar-refractivity contribution in [1.82, 2.24) is 14.5 Å². The van der Waals surface area contributed by atoms with Gasteiger partial charge in [-0.1, -0.05) is 165 Å². The topological polar surface area (TPSA) is 30.7 Å². The van der Waals surface area contributed by atoms with Crippen molar-refractivity contribution in [1.29, 1.82) is 0 Å². The number of hydrogen-bond acceptors (Lipinski definition) is 3. The molecule has 0 atom stereocenters. The van der Waals surface area contributed by atoms with E-state index >= 15 is 0 Å². The van der Waals surface area contributed by atoms with E-state index in [9.17, 15) is 0 Å². The highest BCUT2D eigenvalue weighted by Crippen LogP contribution is 2.61. The van der Waals surface area contributed by atoms with Gasteiger partial charge in [0.25, 0.3) is 0 Å². The molecule has 0 bridgehead atoms. The Morgan fingerprint density at radius 1 is 0.500 bits per heavy atom. The third-order valence-electron chi connectivity index (χ3n) is 13.2. The average molecular weight is 734 g/mol. The predicted molar refractivity (Wildman–Crippen MR) is 237 cm³/mol. The summed E-state index contributed by atoms with van der Waals surface area (Å²) in [4.78, 5) is 11.5. The molecule has 0 N–H and O–H groups in total. The highest BCUT2D eigenvalue weighted by atomic mass is 32.1. The SMILES string of the molecule is c1ccc2c(c1)-c1c(c3c4ccc5ccccc5c4n(-c4nc(-c5cccc6ccccc56)c5sc6ccccc6c5n4)c3c3ccccc13)C21CCCCC1. The second-order valence-electron chi connectivity index (χ2n) is 15.9. The molecule has 0 amide bonds. The Morgan fingerprint density at radius 3 is 2.02 bits per heavy atom. The zero-order valence-electron chi connectivity index (χ0n) is 30.7. The van der Waals surface area contributed by atoms with Gasteiger partial charge in [0, 0.05) is 42.6 Å². The first-order valence-electron chi connectivity index (χ1n) is 20.0.